The SMILES string of the molecule is CC.CC.CC.Cc1ccc(Nc2ccc(Oc3ccc(C(C)(C)c4ccc(Oc5ccc(N)cc5)cc4)cc3)cc2)nn1.[HH].[HH]. The van der Waals surface area contributed by atoms with Crippen molar-refractivity contribution in [1.82, 2.24) is 10.2 Å². The minimum absolute atomic E-state index is 0. The lowest BCUT2D eigenvalue weighted by Crippen LogP contribution is -2.18. The molecule has 0 saturated carbocycles. The summed E-state index contributed by atoms with van der Waals surface area (Å²) in [5, 5.41) is 11.4. The van der Waals surface area contributed by atoms with E-state index in [1.165, 1.54) is 11.1 Å². The molecule has 0 radical (unpaired) electrons. The average molecular weight is 597 g/mol. The zero-order valence-electron chi connectivity index (χ0n) is 27.7. The van der Waals surface area contributed by atoms with Crippen molar-refractivity contribution in [2.75, 3.05) is 11.1 Å². The highest BCUT2D eigenvalue weighted by Gasteiger charge is 2.23. The van der Waals surface area contributed by atoms with Crippen molar-refractivity contribution in [3.8, 4) is 23.0 Å². The number of anilines is 3. The molecule has 0 atom stereocenters. The lowest BCUT2D eigenvalue weighted by molar-refractivity contribution is 0.481. The molecule has 0 aliphatic rings. The van der Waals surface area contributed by atoms with Gasteiger partial charge in [-0.25, -0.2) is 0 Å². The van der Waals surface area contributed by atoms with Crippen molar-refractivity contribution >= 4 is 17.2 Å². The third kappa shape index (κ3) is 10.2. The molecule has 4 aromatic carbocycles. The van der Waals surface area contributed by atoms with E-state index >= 15 is 0 Å². The summed E-state index contributed by atoms with van der Waals surface area (Å²) in [6.45, 7) is 18.3. The van der Waals surface area contributed by atoms with Gasteiger partial charge in [-0.05, 0) is 103 Å². The van der Waals surface area contributed by atoms with E-state index < -0.39 is 0 Å². The summed E-state index contributed by atoms with van der Waals surface area (Å²) in [5.74, 6) is 3.78. The van der Waals surface area contributed by atoms with Crippen LogP contribution in [-0.2, 0) is 5.41 Å². The van der Waals surface area contributed by atoms with Crippen molar-refractivity contribution in [2.45, 2.75) is 67.7 Å². The molecule has 5 aromatic rings. The Kier molecular flexibility index (Phi) is 14.4. The second-order valence-corrected chi connectivity index (χ2v) is 9.66. The Morgan fingerprint density at radius 2 is 0.932 bits per heavy atom. The van der Waals surface area contributed by atoms with Gasteiger partial charge in [0, 0.05) is 19.6 Å². The van der Waals surface area contributed by atoms with Gasteiger partial charge in [0.15, 0.2) is 5.82 Å². The molecule has 1 heterocycles. The fourth-order valence-corrected chi connectivity index (χ4v) is 4.07. The van der Waals surface area contributed by atoms with Crippen LogP contribution in [0.5, 0.6) is 23.0 Å². The maximum absolute atomic E-state index is 6.07. The number of benzene rings is 4. The molecule has 0 aliphatic carbocycles. The summed E-state index contributed by atoms with van der Waals surface area (Å²) >= 11 is 0. The van der Waals surface area contributed by atoms with Gasteiger partial charge in [-0.1, -0.05) is 79.7 Å². The molecule has 0 saturated heterocycles. The normalized spacial score (nSPS) is 10.0. The van der Waals surface area contributed by atoms with Crippen LogP contribution in [0.4, 0.5) is 17.2 Å². The molecule has 5 rings (SSSR count). The van der Waals surface area contributed by atoms with Crippen LogP contribution in [0.1, 0.15) is 75.1 Å². The number of rotatable bonds is 8. The Balaban J connectivity index is 0.00000239. The van der Waals surface area contributed by atoms with Gasteiger partial charge in [0.2, 0.25) is 0 Å². The topological polar surface area (TPSA) is 82.3 Å². The maximum Gasteiger partial charge on any atom is 0.153 e. The van der Waals surface area contributed by atoms with Crippen molar-refractivity contribution in [1.29, 1.82) is 0 Å². The minimum atomic E-state index is -0.190. The zero-order valence-corrected chi connectivity index (χ0v) is 27.7. The molecule has 0 aliphatic heterocycles. The first-order valence-electron chi connectivity index (χ1n) is 15.4. The Morgan fingerprint density at radius 3 is 1.32 bits per heavy atom. The summed E-state index contributed by atoms with van der Waals surface area (Å²) < 4.78 is 12.0. The summed E-state index contributed by atoms with van der Waals surface area (Å²) in [7, 11) is 0. The van der Waals surface area contributed by atoms with E-state index in [-0.39, 0.29) is 8.27 Å². The number of hydrogen-bond acceptors (Lipinski definition) is 6. The standard InChI is InChI=1S/C32H30N4O2.3C2H6.2H2/c1-22-4-21-31(36-35-22)34-26-11-19-30(20-12-26)38-28-15-7-24(8-16-28)32(2,3)23-5-13-27(14-6-23)37-29-17-9-25(33)10-18-29;3*1-2;;/h4-21H,33H2,1-3H3,(H,34,36);3*1-2H3;2*1H. The van der Waals surface area contributed by atoms with E-state index in [4.69, 9.17) is 15.2 Å². The van der Waals surface area contributed by atoms with Crippen LogP contribution in [0.3, 0.4) is 0 Å². The second-order valence-electron chi connectivity index (χ2n) is 9.66. The largest absolute Gasteiger partial charge is 0.457 e. The smallest absolute Gasteiger partial charge is 0.153 e. The fourth-order valence-electron chi connectivity index (χ4n) is 4.07. The molecular formula is C38H52N4O2. The number of aromatic nitrogens is 2. The summed E-state index contributed by atoms with van der Waals surface area (Å²) in [6.07, 6.45) is 0. The van der Waals surface area contributed by atoms with Gasteiger partial charge >= 0.3 is 0 Å². The van der Waals surface area contributed by atoms with Crippen molar-refractivity contribution in [2.24, 2.45) is 0 Å². The maximum atomic E-state index is 6.07. The Bertz CT molecular complexity index is 1490. The molecule has 3 N–H and O–H groups in total. The number of nitrogens with one attached hydrogen (secondary N) is 1. The van der Waals surface area contributed by atoms with Crippen LogP contribution in [0.25, 0.3) is 0 Å². The van der Waals surface area contributed by atoms with Gasteiger partial charge in [0.1, 0.15) is 23.0 Å². The van der Waals surface area contributed by atoms with Crippen molar-refractivity contribution in [3.05, 3.63) is 126 Å². The summed E-state index contributed by atoms with van der Waals surface area (Å²) in [4.78, 5) is 0. The van der Waals surface area contributed by atoms with E-state index in [1.807, 2.05) is 133 Å². The molecule has 0 bridgehead atoms. The van der Waals surface area contributed by atoms with E-state index in [2.05, 4.69) is 53.6 Å². The lowest BCUT2D eigenvalue weighted by Gasteiger charge is -2.26. The van der Waals surface area contributed by atoms with Gasteiger partial charge in [0.05, 0.1) is 5.69 Å². The third-order valence-electron chi connectivity index (χ3n) is 6.43. The molecule has 0 spiro atoms. The quantitative estimate of drug-likeness (QED) is 0.173. The summed E-state index contributed by atoms with van der Waals surface area (Å²) in [6, 6.07) is 35.4. The van der Waals surface area contributed by atoms with Crippen LogP contribution >= 0.6 is 0 Å². The highest BCUT2D eigenvalue weighted by atomic mass is 16.5. The molecule has 0 amide bonds. The highest BCUT2D eigenvalue weighted by Crippen LogP contribution is 2.35. The van der Waals surface area contributed by atoms with Gasteiger partial charge in [0.25, 0.3) is 0 Å². The van der Waals surface area contributed by atoms with Crippen LogP contribution in [0, 0.1) is 6.92 Å². The van der Waals surface area contributed by atoms with E-state index in [0.29, 0.717) is 11.5 Å². The lowest BCUT2D eigenvalue weighted by atomic mass is 9.78. The molecule has 236 valence electrons. The Morgan fingerprint density at radius 1 is 0.545 bits per heavy atom. The number of hydrogen-bond donors (Lipinski definition) is 2. The molecule has 6 heteroatoms. The highest BCUT2D eigenvalue weighted by molar-refractivity contribution is 5.57. The van der Waals surface area contributed by atoms with Gasteiger partial charge in [-0.15, -0.1) is 5.10 Å². The Labute approximate surface area is 267 Å². The molecule has 1 aromatic heterocycles. The molecule has 44 heavy (non-hydrogen) atoms. The van der Waals surface area contributed by atoms with Crippen molar-refractivity contribution in [3.63, 3.8) is 0 Å². The predicted octanol–water partition coefficient (Wildman–Crippen LogP) is 11.6. The number of nitrogens with zero attached hydrogens (tertiary/aromatic N) is 2. The monoisotopic (exact) mass is 596 g/mol. The first-order valence-corrected chi connectivity index (χ1v) is 15.4. The molecular weight excluding hydrogens is 544 g/mol. The van der Waals surface area contributed by atoms with Gasteiger partial charge in [-0.3, -0.25) is 0 Å². The first kappa shape index (κ1) is 35.4. The fraction of sp³-hybridized carbons (Fsp3) is 0.263. The Hall–Kier alpha value is -4.84. The predicted molar refractivity (Wildman–Crippen MR) is 191 cm³/mol. The molecule has 0 unspecified atom stereocenters. The van der Waals surface area contributed by atoms with Gasteiger partial charge < -0.3 is 20.5 Å². The number of nitrogen functional groups attached to an aromatic ring is 1. The van der Waals surface area contributed by atoms with Crippen molar-refractivity contribution < 1.29 is 12.3 Å². The van der Waals surface area contributed by atoms with E-state index in [0.717, 1.165) is 34.4 Å². The van der Waals surface area contributed by atoms with E-state index in [9.17, 15) is 0 Å². The van der Waals surface area contributed by atoms with Crippen LogP contribution < -0.4 is 20.5 Å². The third-order valence-corrected chi connectivity index (χ3v) is 6.43. The van der Waals surface area contributed by atoms with Gasteiger partial charge in [-0.2, -0.15) is 5.10 Å². The van der Waals surface area contributed by atoms with Crippen LogP contribution in [0.15, 0.2) is 109 Å². The van der Waals surface area contributed by atoms with E-state index in [1.54, 1.807) is 0 Å². The number of ether oxygens (including phenoxy) is 2. The van der Waals surface area contributed by atoms with Crippen LogP contribution in [-0.4, -0.2) is 10.2 Å². The zero-order chi connectivity index (χ0) is 32.5. The first-order chi connectivity index (χ1) is 21.3. The summed E-state index contributed by atoms with van der Waals surface area (Å²) in [5.41, 5.74) is 10.5. The average Bonchev–Trinajstić information content (AvgIpc) is 3.07. The molecule has 0 fully saturated rings. The number of nitrogens with two attached hydrogens (primary N) is 1. The van der Waals surface area contributed by atoms with Crippen LogP contribution in [0.2, 0.25) is 0 Å². The minimum Gasteiger partial charge on any atom is -0.457 e. The molecule has 6 nitrogen and oxygen atoms in total. The second kappa shape index (κ2) is 18.0. The number of aryl methyl sites for hydroxylation is 1.